The molecule has 2 atom stereocenters. The molecule has 1 fully saturated rings. The van der Waals surface area contributed by atoms with Crippen molar-refractivity contribution in [2.24, 2.45) is 5.92 Å². The van der Waals surface area contributed by atoms with Crippen LogP contribution in [-0.2, 0) is 16.0 Å². The van der Waals surface area contributed by atoms with Crippen molar-refractivity contribution >= 4 is 29.0 Å². The van der Waals surface area contributed by atoms with Gasteiger partial charge in [0.15, 0.2) is 5.82 Å². The largest absolute Gasteiger partial charge is 0.337 e. The molecule has 24 heavy (non-hydrogen) atoms. The summed E-state index contributed by atoms with van der Waals surface area (Å²) >= 11 is 1.58. The maximum atomic E-state index is 12.8. The third kappa shape index (κ3) is 3.36. The number of carbonyl (C=O) groups excluding carboxylic acids is 2. The zero-order chi connectivity index (χ0) is 17.1. The van der Waals surface area contributed by atoms with Crippen molar-refractivity contribution < 1.29 is 9.59 Å². The molecule has 0 unspecified atom stereocenters. The lowest BCUT2D eigenvalue weighted by atomic mass is 9.87. The van der Waals surface area contributed by atoms with Gasteiger partial charge < -0.3 is 10.2 Å². The maximum Gasteiger partial charge on any atom is 0.231 e. The van der Waals surface area contributed by atoms with Crippen LogP contribution in [0.2, 0.25) is 0 Å². The van der Waals surface area contributed by atoms with Gasteiger partial charge in [0.25, 0.3) is 0 Å². The molecule has 0 spiro atoms. The van der Waals surface area contributed by atoms with Gasteiger partial charge in [-0.15, -0.1) is 11.3 Å². The highest BCUT2D eigenvalue weighted by Gasteiger charge is 2.39. The first-order valence-corrected chi connectivity index (χ1v) is 9.12. The number of thiophene rings is 1. The molecule has 0 bridgehead atoms. The summed E-state index contributed by atoms with van der Waals surface area (Å²) in [6.45, 7) is 2.10. The molecule has 2 aromatic heterocycles. The van der Waals surface area contributed by atoms with Crippen molar-refractivity contribution in [3.05, 3.63) is 34.2 Å². The van der Waals surface area contributed by atoms with Crippen molar-refractivity contribution in [1.82, 2.24) is 15.1 Å². The number of aromatic amines is 1. The third-order valence-electron chi connectivity index (χ3n) is 4.43. The number of piperidine rings is 1. The predicted octanol–water partition coefficient (Wildman–Crippen LogP) is 2.97. The number of aromatic nitrogens is 2. The maximum absolute atomic E-state index is 12.8. The van der Waals surface area contributed by atoms with Gasteiger partial charge in [0.05, 0.1) is 12.0 Å². The van der Waals surface area contributed by atoms with Gasteiger partial charge >= 0.3 is 0 Å². The molecular weight excluding hydrogens is 324 g/mol. The summed E-state index contributed by atoms with van der Waals surface area (Å²) in [6, 6.07) is 5.60. The Morgan fingerprint density at radius 3 is 3.08 bits per heavy atom. The van der Waals surface area contributed by atoms with Crippen LogP contribution in [0.3, 0.4) is 0 Å². The van der Waals surface area contributed by atoms with Gasteiger partial charge in [-0.2, -0.15) is 5.10 Å². The fraction of sp³-hybridized carbons (Fsp3) is 0.471. The van der Waals surface area contributed by atoms with Gasteiger partial charge in [0.2, 0.25) is 11.8 Å². The first-order valence-electron chi connectivity index (χ1n) is 8.24. The normalized spacial score (nSPS) is 21.1. The van der Waals surface area contributed by atoms with Crippen molar-refractivity contribution in [2.75, 3.05) is 12.4 Å². The summed E-state index contributed by atoms with van der Waals surface area (Å²) in [5.74, 6) is 0.287. The minimum atomic E-state index is -0.266. The quantitative estimate of drug-likeness (QED) is 0.874. The van der Waals surface area contributed by atoms with Crippen LogP contribution < -0.4 is 5.32 Å². The van der Waals surface area contributed by atoms with E-state index in [1.807, 2.05) is 23.6 Å². The van der Waals surface area contributed by atoms with Gasteiger partial charge in [-0.05, 0) is 24.3 Å². The zero-order valence-electron chi connectivity index (χ0n) is 13.9. The van der Waals surface area contributed by atoms with Gasteiger partial charge in [-0.25, -0.2) is 0 Å². The van der Waals surface area contributed by atoms with Gasteiger partial charge in [-0.3, -0.25) is 14.7 Å². The van der Waals surface area contributed by atoms with E-state index in [4.69, 9.17) is 0 Å². The number of H-pyrrole nitrogens is 1. The average molecular weight is 346 g/mol. The predicted molar refractivity (Wildman–Crippen MR) is 93.8 cm³/mol. The van der Waals surface area contributed by atoms with E-state index in [0.29, 0.717) is 18.7 Å². The number of amides is 2. The summed E-state index contributed by atoms with van der Waals surface area (Å²) in [6.07, 6.45) is 2.88. The molecule has 2 N–H and O–H groups in total. The van der Waals surface area contributed by atoms with Crippen LogP contribution in [0, 0.1) is 5.92 Å². The summed E-state index contributed by atoms with van der Waals surface area (Å²) in [5, 5.41) is 12.0. The summed E-state index contributed by atoms with van der Waals surface area (Å²) in [7, 11) is 1.78. The summed E-state index contributed by atoms with van der Waals surface area (Å²) in [5.41, 5.74) is 1.01. The average Bonchev–Trinajstić information content (AvgIpc) is 3.22. The molecule has 0 aliphatic carbocycles. The summed E-state index contributed by atoms with van der Waals surface area (Å²) < 4.78 is 0. The molecule has 0 saturated carbocycles. The fourth-order valence-corrected chi connectivity index (χ4v) is 4.14. The topological polar surface area (TPSA) is 78.1 Å². The number of rotatable bonds is 5. The van der Waals surface area contributed by atoms with Crippen LogP contribution in [0.1, 0.15) is 42.8 Å². The fourth-order valence-electron chi connectivity index (χ4n) is 3.20. The van der Waals surface area contributed by atoms with Gasteiger partial charge in [0, 0.05) is 30.1 Å². The Kier molecular flexibility index (Phi) is 4.99. The molecule has 6 nitrogen and oxygen atoms in total. The van der Waals surface area contributed by atoms with E-state index < -0.39 is 0 Å². The van der Waals surface area contributed by atoms with E-state index in [1.54, 1.807) is 23.3 Å². The molecule has 0 aromatic carbocycles. The number of hydrogen-bond acceptors (Lipinski definition) is 4. The molecule has 1 aliphatic heterocycles. The van der Waals surface area contributed by atoms with E-state index >= 15 is 0 Å². The zero-order valence-corrected chi connectivity index (χ0v) is 14.7. The number of carbonyl (C=O) groups is 2. The molecule has 3 rings (SSSR count). The Morgan fingerprint density at radius 2 is 2.38 bits per heavy atom. The lowest BCUT2D eigenvalue weighted by Gasteiger charge is -2.37. The molecular formula is C17H22N4O2S. The second kappa shape index (κ2) is 7.17. The van der Waals surface area contributed by atoms with Crippen LogP contribution in [0.4, 0.5) is 5.82 Å². The Labute approximate surface area is 145 Å². The second-order valence-corrected chi connectivity index (χ2v) is 7.11. The highest BCUT2D eigenvalue weighted by molar-refractivity contribution is 7.10. The molecule has 1 aliphatic rings. The minimum Gasteiger partial charge on any atom is -0.337 e. The van der Waals surface area contributed by atoms with Crippen molar-refractivity contribution in [3.63, 3.8) is 0 Å². The highest BCUT2D eigenvalue weighted by atomic mass is 32.1. The molecule has 1 saturated heterocycles. The Morgan fingerprint density at radius 1 is 1.54 bits per heavy atom. The van der Waals surface area contributed by atoms with Gasteiger partial charge in [0.1, 0.15) is 0 Å². The van der Waals surface area contributed by atoms with E-state index in [1.165, 1.54) is 0 Å². The van der Waals surface area contributed by atoms with Crippen molar-refractivity contribution in [2.45, 2.75) is 38.6 Å². The minimum absolute atomic E-state index is 0.0812. The first kappa shape index (κ1) is 16.7. The molecule has 3 heterocycles. The molecule has 0 radical (unpaired) electrons. The molecule has 128 valence electrons. The Bertz CT molecular complexity index is 710. The van der Waals surface area contributed by atoms with Crippen LogP contribution in [0.25, 0.3) is 0 Å². The second-order valence-electron chi connectivity index (χ2n) is 6.13. The highest BCUT2D eigenvalue weighted by Crippen LogP contribution is 2.38. The van der Waals surface area contributed by atoms with Crippen LogP contribution in [0.15, 0.2) is 23.6 Å². The van der Waals surface area contributed by atoms with Crippen LogP contribution >= 0.6 is 11.3 Å². The standard InChI is InChI=1S/C17H22N4O2S/c1-3-5-11-10-14(20-19-11)18-17(23)12-7-8-15(22)21(2)16(12)13-6-4-9-24-13/h4,6,9-10,12,16H,3,5,7-8H2,1-2H3,(H2,18,19,20,23)/t12-,16-/m0/s1. The Balaban J connectivity index is 1.77. The SMILES string of the molecule is CCCc1cc(NC(=O)[C@H]2CCC(=O)N(C)[C@@H]2c2cccs2)n[nH]1. The molecule has 2 amide bonds. The number of hydrogen-bond donors (Lipinski definition) is 2. The molecule has 7 heteroatoms. The van der Waals surface area contributed by atoms with Crippen molar-refractivity contribution in [1.29, 1.82) is 0 Å². The number of nitrogens with one attached hydrogen (secondary N) is 2. The number of likely N-dealkylation sites (tertiary alicyclic amines) is 1. The lowest BCUT2D eigenvalue weighted by Crippen LogP contribution is -2.44. The van der Waals surface area contributed by atoms with E-state index in [2.05, 4.69) is 22.4 Å². The van der Waals surface area contributed by atoms with Crippen molar-refractivity contribution in [3.8, 4) is 0 Å². The monoisotopic (exact) mass is 346 g/mol. The first-order chi connectivity index (χ1) is 11.6. The number of aryl methyl sites for hydroxylation is 1. The Hall–Kier alpha value is -2.15. The van der Waals surface area contributed by atoms with Gasteiger partial charge in [-0.1, -0.05) is 19.4 Å². The third-order valence-corrected chi connectivity index (χ3v) is 5.38. The number of nitrogens with zero attached hydrogens (tertiary/aromatic N) is 2. The van der Waals surface area contributed by atoms with E-state index in [0.717, 1.165) is 23.4 Å². The lowest BCUT2D eigenvalue weighted by molar-refractivity contribution is -0.140. The number of anilines is 1. The van der Waals surface area contributed by atoms with Crippen LogP contribution in [-0.4, -0.2) is 34.0 Å². The van der Waals surface area contributed by atoms with E-state index in [-0.39, 0.29) is 23.8 Å². The van der Waals surface area contributed by atoms with Crippen LogP contribution in [0.5, 0.6) is 0 Å². The smallest absolute Gasteiger partial charge is 0.231 e. The van der Waals surface area contributed by atoms with E-state index in [9.17, 15) is 9.59 Å². The summed E-state index contributed by atoms with van der Waals surface area (Å²) in [4.78, 5) is 27.6. The molecule has 2 aromatic rings.